The molecule has 0 atom stereocenters. The predicted molar refractivity (Wildman–Crippen MR) is 102 cm³/mol. The van der Waals surface area contributed by atoms with E-state index in [1.165, 1.54) is 19.3 Å². The molecule has 0 radical (unpaired) electrons. The van der Waals surface area contributed by atoms with Crippen molar-refractivity contribution in [2.75, 3.05) is 29.9 Å². The molecular formula is C19H23ClN4O. The van der Waals surface area contributed by atoms with Crippen LogP contribution in [-0.4, -0.2) is 30.6 Å². The number of aromatic nitrogens is 1. The van der Waals surface area contributed by atoms with Crippen LogP contribution in [0.2, 0.25) is 5.02 Å². The molecule has 1 aliphatic rings. The Morgan fingerprint density at radius 3 is 2.72 bits per heavy atom. The second kappa shape index (κ2) is 8.72. The van der Waals surface area contributed by atoms with Gasteiger partial charge in [0.15, 0.2) is 0 Å². The molecule has 1 aliphatic heterocycles. The van der Waals surface area contributed by atoms with Crippen molar-refractivity contribution in [3.63, 3.8) is 0 Å². The van der Waals surface area contributed by atoms with E-state index in [2.05, 4.69) is 20.5 Å². The van der Waals surface area contributed by atoms with Crippen LogP contribution in [0.15, 0.2) is 42.6 Å². The first-order valence-electron chi connectivity index (χ1n) is 8.71. The second-order valence-corrected chi connectivity index (χ2v) is 6.57. The molecule has 0 aliphatic carbocycles. The third-order valence-corrected chi connectivity index (χ3v) is 4.60. The minimum atomic E-state index is -0.238. The van der Waals surface area contributed by atoms with Gasteiger partial charge in [0.2, 0.25) is 0 Å². The first kappa shape index (κ1) is 17.5. The highest BCUT2D eigenvalue weighted by atomic mass is 35.5. The number of nitrogens with one attached hydrogen (secondary N) is 2. The summed E-state index contributed by atoms with van der Waals surface area (Å²) in [6.45, 7) is 2.61. The molecule has 6 heteroatoms. The van der Waals surface area contributed by atoms with Gasteiger partial charge in [-0.3, -0.25) is 4.98 Å². The summed E-state index contributed by atoms with van der Waals surface area (Å²) in [5.74, 6) is 0. The maximum atomic E-state index is 12.0. The Kier molecular flexibility index (Phi) is 6.12. The van der Waals surface area contributed by atoms with Crippen LogP contribution in [0.25, 0.3) is 0 Å². The summed E-state index contributed by atoms with van der Waals surface area (Å²) >= 11 is 6.41. The Morgan fingerprint density at radius 2 is 2.00 bits per heavy atom. The molecule has 132 valence electrons. The molecule has 0 spiro atoms. The number of hydrogen-bond acceptors (Lipinski definition) is 3. The highest BCUT2D eigenvalue weighted by Gasteiger charge is 2.14. The summed E-state index contributed by atoms with van der Waals surface area (Å²) in [6, 6.07) is 11.2. The molecule has 2 N–H and O–H groups in total. The van der Waals surface area contributed by atoms with E-state index in [4.69, 9.17) is 11.6 Å². The van der Waals surface area contributed by atoms with E-state index in [1.807, 2.05) is 36.4 Å². The number of pyridine rings is 1. The lowest BCUT2D eigenvalue weighted by atomic mass is 10.1. The van der Waals surface area contributed by atoms with Crippen molar-refractivity contribution < 1.29 is 4.79 Å². The maximum absolute atomic E-state index is 12.0. The number of carbonyl (C=O) groups is 1. The van der Waals surface area contributed by atoms with Crippen molar-refractivity contribution in [1.29, 1.82) is 0 Å². The summed E-state index contributed by atoms with van der Waals surface area (Å²) in [7, 11) is 0. The fraction of sp³-hybridized carbons (Fsp3) is 0.368. The largest absolute Gasteiger partial charge is 0.370 e. The van der Waals surface area contributed by atoms with Gasteiger partial charge in [0.25, 0.3) is 0 Å². The lowest BCUT2D eigenvalue weighted by Crippen LogP contribution is -2.31. The summed E-state index contributed by atoms with van der Waals surface area (Å²) in [5, 5.41) is 6.33. The molecule has 1 aromatic carbocycles. The van der Waals surface area contributed by atoms with Crippen molar-refractivity contribution in [3.8, 4) is 0 Å². The van der Waals surface area contributed by atoms with Gasteiger partial charge in [0.1, 0.15) is 0 Å². The number of benzene rings is 1. The van der Waals surface area contributed by atoms with Gasteiger partial charge >= 0.3 is 6.03 Å². The molecule has 3 rings (SSSR count). The first-order chi connectivity index (χ1) is 12.2. The van der Waals surface area contributed by atoms with E-state index in [9.17, 15) is 4.79 Å². The van der Waals surface area contributed by atoms with Crippen LogP contribution in [0.4, 0.5) is 16.2 Å². The number of urea groups is 1. The Hall–Kier alpha value is -2.27. The number of anilines is 2. The van der Waals surface area contributed by atoms with Crippen LogP contribution >= 0.6 is 11.6 Å². The zero-order valence-electron chi connectivity index (χ0n) is 14.2. The molecule has 1 saturated heterocycles. The van der Waals surface area contributed by atoms with E-state index in [-0.39, 0.29) is 6.03 Å². The lowest BCUT2D eigenvalue weighted by Gasteiger charge is -2.29. The highest BCUT2D eigenvalue weighted by Crippen LogP contribution is 2.30. The third kappa shape index (κ3) is 5.10. The lowest BCUT2D eigenvalue weighted by molar-refractivity contribution is 0.252. The fourth-order valence-electron chi connectivity index (χ4n) is 3.00. The van der Waals surface area contributed by atoms with Gasteiger partial charge in [-0.1, -0.05) is 17.7 Å². The monoisotopic (exact) mass is 358 g/mol. The molecule has 5 nitrogen and oxygen atoms in total. The smallest absolute Gasteiger partial charge is 0.319 e. The highest BCUT2D eigenvalue weighted by molar-refractivity contribution is 6.33. The van der Waals surface area contributed by atoms with Crippen LogP contribution in [-0.2, 0) is 6.42 Å². The van der Waals surface area contributed by atoms with E-state index in [0.717, 1.165) is 24.5 Å². The Morgan fingerprint density at radius 1 is 1.16 bits per heavy atom. The number of hydrogen-bond donors (Lipinski definition) is 2. The van der Waals surface area contributed by atoms with E-state index >= 15 is 0 Å². The number of piperidine rings is 1. The van der Waals surface area contributed by atoms with E-state index < -0.39 is 0 Å². The topological polar surface area (TPSA) is 57.3 Å². The number of amides is 2. The third-order valence-electron chi connectivity index (χ3n) is 4.30. The Labute approximate surface area is 153 Å². The standard InChI is InChI=1S/C19H23ClN4O/c20-17-14-16(7-8-18(17)24-12-4-1-5-13-24)23-19(25)22-11-9-15-6-2-3-10-21-15/h2-3,6-8,10,14H,1,4-5,9,11-13H2,(H2,22,23,25). The summed E-state index contributed by atoms with van der Waals surface area (Å²) in [6.07, 6.45) is 6.14. The van der Waals surface area contributed by atoms with Gasteiger partial charge in [0, 0.05) is 43.6 Å². The minimum Gasteiger partial charge on any atom is -0.370 e. The average Bonchev–Trinajstić information content (AvgIpc) is 2.63. The van der Waals surface area contributed by atoms with Crippen molar-refractivity contribution in [2.45, 2.75) is 25.7 Å². The zero-order valence-corrected chi connectivity index (χ0v) is 14.9. The molecule has 0 saturated carbocycles. The van der Waals surface area contributed by atoms with Gasteiger partial charge in [-0.05, 0) is 49.6 Å². The van der Waals surface area contributed by atoms with Crippen molar-refractivity contribution >= 4 is 29.0 Å². The Bertz CT molecular complexity index is 702. The minimum absolute atomic E-state index is 0.238. The van der Waals surface area contributed by atoms with E-state index in [1.54, 1.807) is 6.20 Å². The first-order valence-corrected chi connectivity index (χ1v) is 9.09. The van der Waals surface area contributed by atoms with Gasteiger partial charge in [-0.2, -0.15) is 0 Å². The molecule has 0 bridgehead atoms. The van der Waals surface area contributed by atoms with E-state index in [0.29, 0.717) is 23.7 Å². The van der Waals surface area contributed by atoms with Crippen molar-refractivity contribution in [2.24, 2.45) is 0 Å². The molecule has 0 unspecified atom stereocenters. The molecule has 2 aromatic rings. The number of carbonyl (C=O) groups excluding carboxylic acids is 1. The van der Waals surface area contributed by atoms with Crippen molar-refractivity contribution in [3.05, 3.63) is 53.3 Å². The quantitative estimate of drug-likeness (QED) is 0.846. The molecule has 1 aromatic heterocycles. The predicted octanol–water partition coefficient (Wildman–Crippen LogP) is 4.09. The van der Waals surface area contributed by atoms with Gasteiger partial charge in [-0.25, -0.2) is 4.79 Å². The second-order valence-electron chi connectivity index (χ2n) is 6.17. The zero-order chi connectivity index (χ0) is 17.5. The summed E-state index contributed by atoms with van der Waals surface area (Å²) in [5.41, 5.74) is 2.69. The molecular weight excluding hydrogens is 336 g/mol. The summed E-state index contributed by atoms with van der Waals surface area (Å²) in [4.78, 5) is 18.5. The molecule has 25 heavy (non-hydrogen) atoms. The molecule has 2 heterocycles. The summed E-state index contributed by atoms with van der Waals surface area (Å²) < 4.78 is 0. The van der Waals surface area contributed by atoms with Crippen LogP contribution in [0.5, 0.6) is 0 Å². The van der Waals surface area contributed by atoms with Crippen LogP contribution in [0.3, 0.4) is 0 Å². The maximum Gasteiger partial charge on any atom is 0.319 e. The Balaban J connectivity index is 1.50. The van der Waals surface area contributed by atoms with Crippen LogP contribution in [0.1, 0.15) is 25.0 Å². The average molecular weight is 359 g/mol. The van der Waals surface area contributed by atoms with Gasteiger partial charge in [0.05, 0.1) is 10.7 Å². The van der Waals surface area contributed by atoms with Gasteiger partial charge in [-0.15, -0.1) is 0 Å². The van der Waals surface area contributed by atoms with Gasteiger partial charge < -0.3 is 15.5 Å². The van der Waals surface area contributed by atoms with Crippen molar-refractivity contribution in [1.82, 2.24) is 10.3 Å². The van der Waals surface area contributed by atoms with Crippen LogP contribution < -0.4 is 15.5 Å². The molecule has 1 fully saturated rings. The number of halogens is 1. The molecule has 2 amide bonds. The number of nitrogens with zero attached hydrogens (tertiary/aromatic N) is 2. The SMILES string of the molecule is O=C(NCCc1ccccn1)Nc1ccc(N2CCCCC2)c(Cl)c1. The van der Waals surface area contributed by atoms with Crippen LogP contribution in [0, 0.1) is 0 Å². The normalized spacial score (nSPS) is 14.2. The fourth-order valence-corrected chi connectivity index (χ4v) is 3.30. The number of rotatable bonds is 5.